The average Bonchev–Trinajstić information content (AvgIpc) is 2.61. The molecule has 0 atom stereocenters. The zero-order chi connectivity index (χ0) is 12.1. The Bertz CT molecular complexity index is 457. The van der Waals surface area contributed by atoms with Crippen LogP contribution in [0.15, 0.2) is 12.1 Å². The Morgan fingerprint density at radius 1 is 1.19 bits per heavy atom. The van der Waals surface area contributed by atoms with Gasteiger partial charge in [-0.25, -0.2) is 9.50 Å². The quantitative estimate of drug-likeness (QED) is 0.804. The fourth-order valence-electron chi connectivity index (χ4n) is 1.26. The Labute approximate surface area is 96.5 Å². The lowest BCUT2D eigenvalue weighted by atomic mass is 10.4. The highest BCUT2D eigenvalue weighted by Gasteiger charge is 2.03. The molecule has 2 rings (SSSR count). The number of nitrogens with two attached hydrogens (primary N) is 1. The largest absolute Gasteiger partial charge is 0.382 e. The fourth-order valence-corrected chi connectivity index (χ4v) is 1.26. The molecule has 0 saturated heterocycles. The zero-order valence-corrected chi connectivity index (χ0v) is 10.5. The number of unbranched alkanes of at least 4 members (excludes halogenated alkanes) is 1. The van der Waals surface area contributed by atoms with E-state index in [1.54, 1.807) is 4.52 Å². The van der Waals surface area contributed by atoms with Gasteiger partial charge in [-0.3, -0.25) is 0 Å². The topological polar surface area (TPSA) is 56.2 Å². The number of hydrogen-bond acceptors (Lipinski definition) is 3. The molecule has 0 fully saturated rings. The molecule has 0 aliphatic rings. The van der Waals surface area contributed by atoms with E-state index in [0.29, 0.717) is 11.6 Å². The SMILES string of the molecule is CCCC.Cc1nc(N)c2ccc(C)n2n1. The van der Waals surface area contributed by atoms with Crippen LogP contribution in [-0.2, 0) is 0 Å². The highest BCUT2D eigenvalue weighted by Crippen LogP contribution is 2.12. The highest BCUT2D eigenvalue weighted by atomic mass is 15.3. The molecule has 0 spiro atoms. The summed E-state index contributed by atoms with van der Waals surface area (Å²) >= 11 is 0. The molecule has 0 amide bonds. The first kappa shape index (κ1) is 12.5. The lowest BCUT2D eigenvalue weighted by molar-refractivity contribution is 0.837. The van der Waals surface area contributed by atoms with E-state index in [9.17, 15) is 0 Å². The second kappa shape index (κ2) is 5.49. The summed E-state index contributed by atoms with van der Waals surface area (Å²) in [6, 6.07) is 3.89. The van der Waals surface area contributed by atoms with Crippen LogP contribution in [0.5, 0.6) is 0 Å². The lowest BCUT2D eigenvalue weighted by Gasteiger charge is -2.00. The Morgan fingerprint density at radius 2 is 1.81 bits per heavy atom. The van der Waals surface area contributed by atoms with Crippen molar-refractivity contribution in [2.75, 3.05) is 5.73 Å². The van der Waals surface area contributed by atoms with Crippen molar-refractivity contribution < 1.29 is 0 Å². The number of anilines is 1. The van der Waals surface area contributed by atoms with E-state index in [1.165, 1.54) is 12.8 Å². The van der Waals surface area contributed by atoms with Crippen molar-refractivity contribution in [2.45, 2.75) is 40.5 Å². The maximum absolute atomic E-state index is 5.70. The normalized spacial score (nSPS) is 10.0. The first-order valence-electron chi connectivity index (χ1n) is 5.68. The van der Waals surface area contributed by atoms with E-state index >= 15 is 0 Å². The standard InChI is InChI=1S/C8H10N4.C4H10/c1-5-3-4-7-8(9)10-6(2)11-12(5)7;1-3-4-2/h3-4H,1-2H3,(H2,9,10,11);3-4H2,1-2H3. The summed E-state index contributed by atoms with van der Waals surface area (Å²) < 4.78 is 1.80. The minimum Gasteiger partial charge on any atom is -0.382 e. The van der Waals surface area contributed by atoms with Crippen molar-refractivity contribution in [3.05, 3.63) is 23.7 Å². The second-order valence-electron chi connectivity index (χ2n) is 3.82. The molecule has 0 aliphatic heterocycles. The number of aryl methyl sites for hydroxylation is 2. The van der Waals surface area contributed by atoms with Crippen LogP contribution in [0.2, 0.25) is 0 Å². The highest BCUT2D eigenvalue weighted by molar-refractivity contribution is 5.65. The molecule has 4 nitrogen and oxygen atoms in total. The second-order valence-corrected chi connectivity index (χ2v) is 3.82. The molecule has 0 aliphatic carbocycles. The van der Waals surface area contributed by atoms with Crippen molar-refractivity contribution >= 4 is 11.3 Å². The van der Waals surface area contributed by atoms with Gasteiger partial charge in [-0.1, -0.05) is 26.7 Å². The minimum atomic E-state index is 0.538. The van der Waals surface area contributed by atoms with Crippen LogP contribution in [0, 0.1) is 13.8 Å². The van der Waals surface area contributed by atoms with Crippen molar-refractivity contribution in [1.82, 2.24) is 14.6 Å². The van der Waals surface area contributed by atoms with Gasteiger partial charge >= 0.3 is 0 Å². The predicted octanol–water partition coefficient (Wildman–Crippen LogP) is 2.73. The van der Waals surface area contributed by atoms with Gasteiger partial charge in [-0.15, -0.1) is 0 Å². The predicted molar refractivity (Wildman–Crippen MR) is 67.5 cm³/mol. The Morgan fingerprint density at radius 3 is 2.38 bits per heavy atom. The molecule has 0 aromatic carbocycles. The summed E-state index contributed by atoms with van der Waals surface area (Å²) in [7, 11) is 0. The van der Waals surface area contributed by atoms with Crippen LogP contribution in [0.1, 0.15) is 38.2 Å². The van der Waals surface area contributed by atoms with Crippen molar-refractivity contribution in [3.63, 3.8) is 0 Å². The van der Waals surface area contributed by atoms with Gasteiger partial charge in [-0.05, 0) is 26.0 Å². The first-order chi connectivity index (χ1) is 7.60. The van der Waals surface area contributed by atoms with Gasteiger partial charge in [0.15, 0.2) is 5.82 Å². The lowest BCUT2D eigenvalue weighted by Crippen LogP contribution is -2.03. The van der Waals surface area contributed by atoms with E-state index in [1.807, 2.05) is 26.0 Å². The molecular formula is C12H20N4. The summed E-state index contributed by atoms with van der Waals surface area (Å²) in [6.45, 7) is 8.17. The van der Waals surface area contributed by atoms with E-state index in [4.69, 9.17) is 5.73 Å². The monoisotopic (exact) mass is 220 g/mol. The Kier molecular flexibility index (Phi) is 4.28. The van der Waals surface area contributed by atoms with Crippen LogP contribution >= 0.6 is 0 Å². The molecular weight excluding hydrogens is 200 g/mol. The summed E-state index contributed by atoms with van der Waals surface area (Å²) in [5.74, 6) is 1.23. The number of nitrogens with zero attached hydrogens (tertiary/aromatic N) is 3. The van der Waals surface area contributed by atoms with Gasteiger partial charge in [0.2, 0.25) is 0 Å². The molecule has 2 heterocycles. The van der Waals surface area contributed by atoms with Gasteiger partial charge in [0.25, 0.3) is 0 Å². The van der Waals surface area contributed by atoms with Crippen molar-refractivity contribution in [1.29, 1.82) is 0 Å². The molecule has 0 unspecified atom stereocenters. The van der Waals surface area contributed by atoms with E-state index in [2.05, 4.69) is 23.9 Å². The number of nitrogen functional groups attached to an aromatic ring is 1. The van der Waals surface area contributed by atoms with Crippen LogP contribution in [-0.4, -0.2) is 14.6 Å². The number of hydrogen-bond donors (Lipinski definition) is 1. The molecule has 0 radical (unpaired) electrons. The third-order valence-electron chi connectivity index (χ3n) is 2.33. The van der Waals surface area contributed by atoms with Crippen LogP contribution < -0.4 is 5.73 Å². The molecule has 2 aromatic rings. The van der Waals surface area contributed by atoms with Crippen molar-refractivity contribution in [3.8, 4) is 0 Å². The summed E-state index contributed by atoms with van der Waals surface area (Å²) in [5, 5.41) is 4.22. The third kappa shape index (κ3) is 2.72. The number of rotatable bonds is 1. The third-order valence-corrected chi connectivity index (χ3v) is 2.33. The molecule has 4 heteroatoms. The van der Waals surface area contributed by atoms with Crippen LogP contribution in [0.4, 0.5) is 5.82 Å². The van der Waals surface area contributed by atoms with E-state index in [0.717, 1.165) is 11.2 Å². The Hall–Kier alpha value is -1.58. The first-order valence-corrected chi connectivity index (χ1v) is 5.68. The van der Waals surface area contributed by atoms with Gasteiger partial charge in [0.1, 0.15) is 11.3 Å². The minimum absolute atomic E-state index is 0.538. The van der Waals surface area contributed by atoms with Gasteiger partial charge in [0, 0.05) is 5.69 Å². The fraction of sp³-hybridized carbons (Fsp3) is 0.500. The molecule has 2 aromatic heterocycles. The van der Waals surface area contributed by atoms with E-state index in [-0.39, 0.29) is 0 Å². The molecule has 88 valence electrons. The van der Waals surface area contributed by atoms with Crippen molar-refractivity contribution in [2.24, 2.45) is 0 Å². The van der Waals surface area contributed by atoms with Gasteiger partial charge < -0.3 is 5.73 Å². The Balaban J connectivity index is 0.000000280. The smallest absolute Gasteiger partial charge is 0.151 e. The molecule has 0 bridgehead atoms. The van der Waals surface area contributed by atoms with E-state index < -0.39 is 0 Å². The van der Waals surface area contributed by atoms with Crippen LogP contribution in [0.25, 0.3) is 5.52 Å². The van der Waals surface area contributed by atoms with Gasteiger partial charge in [0.05, 0.1) is 0 Å². The summed E-state index contributed by atoms with van der Waals surface area (Å²) in [4.78, 5) is 4.06. The zero-order valence-electron chi connectivity index (χ0n) is 10.5. The molecule has 0 saturated carbocycles. The van der Waals surface area contributed by atoms with Crippen LogP contribution in [0.3, 0.4) is 0 Å². The summed E-state index contributed by atoms with van der Waals surface area (Å²) in [6.07, 6.45) is 2.64. The van der Waals surface area contributed by atoms with Gasteiger partial charge in [-0.2, -0.15) is 5.10 Å². The maximum Gasteiger partial charge on any atom is 0.151 e. The number of aromatic nitrogens is 3. The molecule has 2 N–H and O–H groups in total. The summed E-state index contributed by atoms with van der Waals surface area (Å²) in [5.41, 5.74) is 7.64. The number of fused-ring (bicyclic) bond motifs is 1. The average molecular weight is 220 g/mol. The molecule has 16 heavy (non-hydrogen) atoms. The maximum atomic E-state index is 5.70.